The van der Waals surface area contributed by atoms with Crippen LogP contribution in [0.2, 0.25) is 0 Å². The van der Waals surface area contributed by atoms with Crippen LogP contribution in [0.1, 0.15) is 25.7 Å². The number of ether oxygens (including phenoxy) is 1. The van der Waals surface area contributed by atoms with Crippen LogP contribution in [0, 0.1) is 0 Å². The number of nitrogens with one attached hydrogen (secondary N) is 3. The molecular weight excluding hydrogens is 316 g/mol. The highest BCUT2D eigenvalue weighted by atomic mass is 16.5. The first kappa shape index (κ1) is 18.2. The molecular formula is C15H24N4O5. The van der Waals surface area contributed by atoms with Crippen LogP contribution in [0.25, 0.3) is 0 Å². The van der Waals surface area contributed by atoms with Gasteiger partial charge in [0.1, 0.15) is 6.04 Å². The van der Waals surface area contributed by atoms with Gasteiger partial charge in [0.25, 0.3) is 0 Å². The zero-order chi connectivity index (χ0) is 17.7. The summed E-state index contributed by atoms with van der Waals surface area (Å²) in [5, 5.41) is 8.20. The predicted octanol–water partition coefficient (Wildman–Crippen LogP) is -1.87. The average molecular weight is 340 g/mol. The molecule has 2 fully saturated rings. The molecule has 134 valence electrons. The van der Waals surface area contributed by atoms with Crippen molar-refractivity contribution in [3.05, 3.63) is 0 Å². The molecule has 0 bridgehead atoms. The van der Waals surface area contributed by atoms with Gasteiger partial charge in [0.05, 0.1) is 19.2 Å². The summed E-state index contributed by atoms with van der Waals surface area (Å²) >= 11 is 0. The number of carbonyl (C=O) groups is 4. The molecule has 9 heteroatoms. The zero-order valence-electron chi connectivity index (χ0n) is 14.0. The van der Waals surface area contributed by atoms with E-state index >= 15 is 0 Å². The number of esters is 1. The van der Waals surface area contributed by atoms with Crippen molar-refractivity contribution < 1.29 is 23.9 Å². The summed E-state index contributed by atoms with van der Waals surface area (Å²) in [5.74, 6) is -1.35. The van der Waals surface area contributed by atoms with E-state index in [4.69, 9.17) is 0 Å². The monoisotopic (exact) mass is 340 g/mol. The van der Waals surface area contributed by atoms with Crippen LogP contribution in [0.4, 0.5) is 0 Å². The number of amides is 3. The van der Waals surface area contributed by atoms with Crippen LogP contribution in [0.3, 0.4) is 0 Å². The number of nitrogens with zero attached hydrogens (tertiary/aromatic N) is 1. The summed E-state index contributed by atoms with van der Waals surface area (Å²) in [7, 11) is 2.72. The van der Waals surface area contributed by atoms with Gasteiger partial charge in [-0.25, -0.2) is 4.79 Å². The molecule has 1 heterocycles. The van der Waals surface area contributed by atoms with Gasteiger partial charge in [-0.2, -0.15) is 0 Å². The molecule has 1 spiro atoms. The van der Waals surface area contributed by atoms with E-state index in [2.05, 4.69) is 20.7 Å². The van der Waals surface area contributed by atoms with E-state index in [0.717, 1.165) is 12.8 Å². The molecule has 0 radical (unpaired) electrons. The smallest absolute Gasteiger partial charge is 0.328 e. The predicted molar refractivity (Wildman–Crippen MR) is 83.8 cm³/mol. The first-order valence-corrected chi connectivity index (χ1v) is 8.04. The molecule has 1 atom stereocenters. The Kier molecular flexibility index (Phi) is 5.76. The fourth-order valence-electron chi connectivity index (χ4n) is 2.78. The first-order chi connectivity index (χ1) is 11.4. The molecule has 9 nitrogen and oxygen atoms in total. The molecule has 1 aliphatic carbocycles. The van der Waals surface area contributed by atoms with Gasteiger partial charge in [-0.1, -0.05) is 0 Å². The fourth-order valence-corrected chi connectivity index (χ4v) is 2.78. The van der Waals surface area contributed by atoms with Crippen LogP contribution in [-0.4, -0.2) is 74.0 Å². The Morgan fingerprint density at radius 1 is 1.33 bits per heavy atom. The van der Waals surface area contributed by atoms with Gasteiger partial charge in [-0.3, -0.25) is 14.4 Å². The van der Waals surface area contributed by atoms with Gasteiger partial charge in [0.2, 0.25) is 17.7 Å². The third kappa shape index (κ3) is 4.22. The Bertz CT molecular complexity index is 532. The molecule has 0 aromatic heterocycles. The summed E-state index contributed by atoms with van der Waals surface area (Å²) < 4.78 is 4.66. The van der Waals surface area contributed by atoms with Crippen molar-refractivity contribution in [1.29, 1.82) is 0 Å². The molecule has 1 saturated heterocycles. The van der Waals surface area contributed by atoms with Crippen molar-refractivity contribution in [3.63, 3.8) is 0 Å². The topological polar surface area (TPSA) is 117 Å². The third-order valence-corrected chi connectivity index (χ3v) is 4.39. The summed E-state index contributed by atoms with van der Waals surface area (Å²) in [4.78, 5) is 49.1. The molecule has 1 aliphatic heterocycles. The van der Waals surface area contributed by atoms with Crippen LogP contribution in [-0.2, 0) is 23.9 Å². The number of methoxy groups -OCH3 is 1. The van der Waals surface area contributed by atoms with Gasteiger partial charge in [-0.15, -0.1) is 0 Å². The van der Waals surface area contributed by atoms with Crippen molar-refractivity contribution in [1.82, 2.24) is 20.9 Å². The summed E-state index contributed by atoms with van der Waals surface area (Å²) in [5.41, 5.74) is -0.473. The minimum atomic E-state index is -0.910. The SMILES string of the molecule is CNC(=O)CCC(NC(=O)CN1CCNC2(CC2)C1=O)C(=O)OC. The second-order valence-electron chi connectivity index (χ2n) is 6.09. The number of rotatable bonds is 7. The van der Waals surface area contributed by atoms with Crippen LogP contribution in [0.5, 0.6) is 0 Å². The normalized spacial score (nSPS) is 19.6. The molecule has 0 aromatic carbocycles. The Morgan fingerprint density at radius 2 is 2.04 bits per heavy atom. The largest absolute Gasteiger partial charge is 0.467 e. The van der Waals surface area contributed by atoms with E-state index in [0.29, 0.717) is 13.1 Å². The lowest BCUT2D eigenvalue weighted by Crippen LogP contribution is -2.59. The molecule has 2 aliphatic rings. The van der Waals surface area contributed by atoms with E-state index in [1.54, 1.807) is 0 Å². The van der Waals surface area contributed by atoms with Crippen molar-refractivity contribution >= 4 is 23.7 Å². The quantitative estimate of drug-likeness (QED) is 0.468. The zero-order valence-corrected chi connectivity index (χ0v) is 14.0. The lowest BCUT2D eigenvalue weighted by atomic mass is 10.1. The maximum atomic E-state index is 12.3. The van der Waals surface area contributed by atoms with Crippen molar-refractivity contribution in [2.24, 2.45) is 0 Å². The fraction of sp³-hybridized carbons (Fsp3) is 0.733. The Balaban J connectivity index is 1.88. The second-order valence-corrected chi connectivity index (χ2v) is 6.09. The minimum Gasteiger partial charge on any atom is -0.467 e. The summed E-state index contributed by atoms with van der Waals surface area (Å²) in [6, 6.07) is -0.910. The standard InChI is InChI=1S/C15H24N4O5/c1-16-11(20)4-3-10(13(22)24-2)18-12(21)9-19-8-7-17-15(5-6-15)14(19)23/h10,17H,3-9H2,1-2H3,(H,16,20)(H,18,21). The van der Waals surface area contributed by atoms with Gasteiger partial charge in [-0.05, 0) is 19.3 Å². The van der Waals surface area contributed by atoms with Crippen molar-refractivity contribution in [2.75, 3.05) is 33.8 Å². The van der Waals surface area contributed by atoms with Crippen LogP contribution in [0.15, 0.2) is 0 Å². The van der Waals surface area contributed by atoms with Crippen molar-refractivity contribution in [3.8, 4) is 0 Å². The highest BCUT2D eigenvalue weighted by Gasteiger charge is 2.53. The van der Waals surface area contributed by atoms with Crippen LogP contribution < -0.4 is 16.0 Å². The van der Waals surface area contributed by atoms with E-state index in [1.165, 1.54) is 19.1 Å². The van der Waals surface area contributed by atoms with Crippen molar-refractivity contribution in [2.45, 2.75) is 37.3 Å². The highest BCUT2D eigenvalue weighted by Crippen LogP contribution is 2.38. The molecule has 2 rings (SSSR count). The highest BCUT2D eigenvalue weighted by molar-refractivity contribution is 5.94. The van der Waals surface area contributed by atoms with Gasteiger partial charge in [0, 0.05) is 26.6 Å². The minimum absolute atomic E-state index is 0.0659. The van der Waals surface area contributed by atoms with E-state index in [-0.39, 0.29) is 31.2 Å². The van der Waals surface area contributed by atoms with Gasteiger partial charge < -0.3 is 25.6 Å². The Morgan fingerprint density at radius 3 is 2.62 bits per heavy atom. The molecule has 24 heavy (non-hydrogen) atoms. The van der Waals surface area contributed by atoms with E-state index < -0.39 is 23.5 Å². The lowest BCUT2D eigenvalue weighted by Gasteiger charge is -2.33. The second kappa shape index (κ2) is 7.61. The van der Waals surface area contributed by atoms with E-state index in [9.17, 15) is 19.2 Å². The lowest BCUT2D eigenvalue weighted by molar-refractivity contribution is -0.146. The van der Waals surface area contributed by atoms with Crippen LogP contribution >= 0.6 is 0 Å². The maximum Gasteiger partial charge on any atom is 0.328 e. The molecule has 1 saturated carbocycles. The number of hydrogen-bond acceptors (Lipinski definition) is 6. The van der Waals surface area contributed by atoms with Gasteiger partial charge in [0.15, 0.2) is 0 Å². The summed E-state index contributed by atoms with van der Waals surface area (Å²) in [6.07, 6.45) is 1.81. The van der Waals surface area contributed by atoms with Gasteiger partial charge >= 0.3 is 5.97 Å². The molecule has 3 N–H and O–H groups in total. The number of carbonyl (C=O) groups excluding carboxylic acids is 4. The molecule has 0 aromatic rings. The molecule has 3 amide bonds. The first-order valence-electron chi connectivity index (χ1n) is 8.04. The number of hydrogen-bond donors (Lipinski definition) is 3. The average Bonchev–Trinajstić information content (AvgIpc) is 3.35. The number of piperazine rings is 1. The third-order valence-electron chi connectivity index (χ3n) is 4.39. The maximum absolute atomic E-state index is 12.3. The Hall–Kier alpha value is -2.16. The van der Waals surface area contributed by atoms with E-state index in [1.807, 2.05) is 0 Å². The Labute approximate surface area is 140 Å². The molecule has 1 unspecified atom stereocenters. The summed E-state index contributed by atoms with van der Waals surface area (Å²) in [6.45, 7) is 1.00.